The van der Waals surface area contributed by atoms with Crippen LogP contribution in [0.3, 0.4) is 0 Å². The first-order valence-electron chi connectivity index (χ1n) is 8.91. The number of carbonyl (C=O) groups is 2. The van der Waals surface area contributed by atoms with Crippen LogP contribution in [0.4, 0.5) is 5.69 Å². The molecule has 4 nitrogen and oxygen atoms in total. The van der Waals surface area contributed by atoms with Crippen molar-refractivity contribution in [3.8, 4) is 0 Å². The van der Waals surface area contributed by atoms with E-state index < -0.39 is 0 Å². The quantitative estimate of drug-likeness (QED) is 0.871. The van der Waals surface area contributed by atoms with Gasteiger partial charge in [0.1, 0.15) is 6.04 Å². The first-order chi connectivity index (χ1) is 11.2. The molecule has 1 unspecified atom stereocenters. The van der Waals surface area contributed by atoms with Crippen LogP contribution in [0.25, 0.3) is 0 Å². The van der Waals surface area contributed by atoms with Crippen molar-refractivity contribution in [2.75, 3.05) is 4.90 Å². The predicted octanol–water partition coefficient (Wildman–Crippen LogP) is 3.19. The zero-order valence-electron chi connectivity index (χ0n) is 13.9. The summed E-state index contributed by atoms with van der Waals surface area (Å²) in [6.07, 6.45) is 8.08. The second-order valence-electron chi connectivity index (χ2n) is 6.66. The molecule has 1 aliphatic carbocycles. The second-order valence-corrected chi connectivity index (χ2v) is 6.66. The number of fused-ring (bicyclic) bond motifs is 1. The van der Waals surface area contributed by atoms with Gasteiger partial charge >= 0.3 is 0 Å². The zero-order valence-corrected chi connectivity index (χ0v) is 13.9. The van der Waals surface area contributed by atoms with Gasteiger partial charge in [-0.05, 0) is 24.5 Å². The van der Waals surface area contributed by atoms with Crippen molar-refractivity contribution in [2.24, 2.45) is 0 Å². The summed E-state index contributed by atoms with van der Waals surface area (Å²) in [7, 11) is 0. The summed E-state index contributed by atoms with van der Waals surface area (Å²) in [5.41, 5.74) is 2.00. The minimum absolute atomic E-state index is 0.00917. The molecule has 3 rings (SSSR count). The first kappa shape index (κ1) is 16.0. The van der Waals surface area contributed by atoms with Crippen molar-refractivity contribution < 1.29 is 9.59 Å². The third-order valence-electron chi connectivity index (χ3n) is 5.05. The fourth-order valence-electron chi connectivity index (χ4n) is 3.80. The number of para-hydroxylation sites is 1. The minimum atomic E-state index is -0.386. The fourth-order valence-corrected chi connectivity index (χ4v) is 3.80. The van der Waals surface area contributed by atoms with Crippen LogP contribution in [0, 0.1) is 0 Å². The number of nitrogens with zero attached hydrogens (tertiary/aromatic N) is 1. The van der Waals surface area contributed by atoms with Crippen molar-refractivity contribution in [3.05, 3.63) is 29.8 Å². The van der Waals surface area contributed by atoms with Gasteiger partial charge in [-0.25, -0.2) is 0 Å². The average molecular weight is 314 g/mol. The van der Waals surface area contributed by atoms with Gasteiger partial charge in [0.15, 0.2) is 0 Å². The topological polar surface area (TPSA) is 49.4 Å². The van der Waals surface area contributed by atoms with E-state index in [-0.39, 0.29) is 23.9 Å². The number of anilines is 1. The summed E-state index contributed by atoms with van der Waals surface area (Å²) in [6, 6.07) is 7.75. The number of carbonyl (C=O) groups excluding carboxylic acids is 2. The summed E-state index contributed by atoms with van der Waals surface area (Å²) >= 11 is 0. The second kappa shape index (κ2) is 7.16. The molecule has 1 heterocycles. The zero-order chi connectivity index (χ0) is 16.2. The Labute approximate surface area is 138 Å². The van der Waals surface area contributed by atoms with Crippen LogP contribution in [0.1, 0.15) is 57.4 Å². The van der Waals surface area contributed by atoms with Crippen LogP contribution < -0.4 is 10.2 Å². The van der Waals surface area contributed by atoms with Crippen LogP contribution >= 0.6 is 0 Å². The van der Waals surface area contributed by atoms with Gasteiger partial charge < -0.3 is 5.32 Å². The van der Waals surface area contributed by atoms with Gasteiger partial charge in [-0.3, -0.25) is 14.5 Å². The number of hydrogen-bond acceptors (Lipinski definition) is 2. The fraction of sp³-hybridized carbons (Fsp3) is 0.579. The van der Waals surface area contributed by atoms with Crippen LogP contribution in [-0.2, 0) is 16.0 Å². The molecular formula is C19H26N2O2. The Hall–Kier alpha value is -1.84. The molecule has 124 valence electrons. The van der Waals surface area contributed by atoms with E-state index in [1.54, 1.807) is 4.90 Å². The maximum Gasteiger partial charge on any atom is 0.243 e. The van der Waals surface area contributed by atoms with Crippen LogP contribution in [0.2, 0.25) is 0 Å². The highest BCUT2D eigenvalue weighted by Crippen LogP contribution is 2.33. The molecule has 0 spiro atoms. The first-order valence-corrected chi connectivity index (χ1v) is 8.91. The van der Waals surface area contributed by atoms with Crippen LogP contribution in [-0.4, -0.2) is 23.9 Å². The summed E-state index contributed by atoms with van der Waals surface area (Å²) in [5, 5.41) is 3.21. The Bertz CT molecular complexity index is 576. The molecule has 0 aromatic heterocycles. The highest BCUT2D eigenvalue weighted by Gasteiger charge is 2.38. The Morgan fingerprint density at radius 2 is 1.83 bits per heavy atom. The number of rotatable bonds is 3. The van der Waals surface area contributed by atoms with E-state index in [4.69, 9.17) is 0 Å². The Kier molecular flexibility index (Phi) is 4.99. The molecule has 1 atom stereocenters. The van der Waals surface area contributed by atoms with E-state index in [0.717, 1.165) is 24.1 Å². The van der Waals surface area contributed by atoms with Gasteiger partial charge in [-0.1, -0.05) is 50.8 Å². The molecular weight excluding hydrogens is 288 g/mol. The standard InChI is InChI=1S/C19H26N2O2/c1-2-18(22)21-16-12-8-7-9-14(16)13-17(21)19(23)20-15-10-5-3-4-6-11-15/h7-9,12,15,17H,2-6,10-11,13H2,1H3,(H,20,23). The molecule has 23 heavy (non-hydrogen) atoms. The molecule has 2 amide bonds. The molecule has 1 aromatic rings. The largest absolute Gasteiger partial charge is 0.352 e. The van der Waals surface area contributed by atoms with Crippen LogP contribution in [0.5, 0.6) is 0 Å². The van der Waals surface area contributed by atoms with E-state index in [1.807, 2.05) is 31.2 Å². The lowest BCUT2D eigenvalue weighted by atomic mass is 10.1. The summed E-state index contributed by atoms with van der Waals surface area (Å²) in [6.45, 7) is 1.85. The Morgan fingerprint density at radius 1 is 1.13 bits per heavy atom. The van der Waals surface area contributed by atoms with Crippen molar-refractivity contribution >= 4 is 17.5 Å². The smallest absolute Gasteiger partial charge is 0.243 e. The third-order valence-corrected chi connectivity index (χ3v) is 5.05. The minimum Gasteiger partial charge on any atom is -0.352 e. The molecule has 1 aromatic carbocycles. The third kappa shape index (κ3) is 3.41. The van der Waals surface area contributed by atoms with E-state index in [2.05, 4.69) is 5.32 Å². The maximum atomic E-state index is 12.8. The molecule has 1 N–H and O–H groups in total. The van der Waals surface area contributed by atoms with Crippen molar-refractivity contribution in [3.63, 3.8) is 0 Å². The lowest BCUT2D eigenvalue weighted by Crippen LogP contribution is -2.50. The molecule has 0 bridgehead atoms. The van der Waals surface area contributed by atoms with Gasteiger partial charge in [0.25, 0.3) is 0 Å². The lowest BCUT2D eigenvalue weighted by molar-refractivity contribution is -0.126. The lowest BCUT2D eigenvalue weighted by Gasteiger charge is -2.26. The van der Waals surface area contributed by atoms with E-state index in [0.29, 0.717) is 12.8 Å². The Balaban J connectivity index is 1.75. The van der Waals surface area contributed by atoms with Crippen molar-refractivity contribution in [2.45, 2.75) is 70.4 Å². The number of nitrogens with one attached hydrogen (secondary N) is 1. The predicted molar refractivity (Wildman–Crippen MR) is 91.3 cm³/mol. The maximum absolute atomic E-state index is 12.8. The summed E-state index contributed by atoms with van der Waals surface area (Å²) in [4.78, 5) is 26.9. The number of hydrogen-bond donors (Lipinski definition) is 1. The molecule has 2 aliphatic rings. The molecule has 1 saturated carbocycles. The number of amides is 2. The van der Waals surface area contributed by atoms with Crippen molar-refractivity contribution in [1.82, 2.24) is 5.32 Å². The van der Waals surface area contributed by atoms with Crippen LogP contribution in [0.15, 0.2) is 24.3 Å². The SMILES string of the molecule is CCC(=O)N1c2ccccc2CC1C(=O)NC1CCCCCC1. The van der Waals surface area contributed by atoms with Crippen molar-refractivity contribution in [1.29, 1.82) is 0 Å². The summed E-state index contributed by atoms with van der Waals surface area (Å²) < 4.78 is 0. The molecule has 0 saturated heterocycles. The normalized spacial score (nSPS) is 21.6. The molecule has 0 radical (unpaired) electrons. The van der Waals surface area contributed by atoms with E-state index in [1.165, 1.54) is 25.7 Å². The molecule has 1 aliphatic heterocycles. The number of benzene rings is 1. The van der Waals surface area contributed by atoms with E-state index >= 15 is 0 Å². The molecule has 4 heteroatoms. The monoisotopic (exact) mass is 314 g/mol. The van der Waals surface area contributed by atoms with Gasteiger partial charge in [0.2, 0.25) is 11.8 Å². The Morgan fingerprint density at radius 3 is 2.52 bits per heavy atom. The van der Waals surface area contributed by atoms with Gasteiger partial charge in [0, 0.05) is 24.6 Å². The van der Waals surface area contributed by atoms with E-state index in [9.17, 15) is 9.59 Å². The van der Waals surface area contributed by atoms with Gasteiger partial charge in [-0.2, -0.15) is 0 Å². The summed E-state index contributed by atoms with van der Waals surface area (Å²) in [5.74, 6) is 0.0332. The molecule has 1 fully saturated rings. The highest BCUT2D eigenvalue weighted by molar-refractivity contribution is 6.03. The van der Waals surface area contributed by atoms with Gasteiger partial charge in [0.05, 0.1) is 0 Å². The van der Waals surface area contributed by atoms with Gasteiger partial charge in [-0.15, -0.1) is 0 Å². The average Bonchev–Trinajstić information content (AvgIpc) is 2.77. The highest BCUT2D eigenvalue weighted by atomic mass is 16.2.